The van der Waals surface area contributed by atoms with Gasteiger partial charge in [-0.25, -0.2) is 0 Å². The molecule has 1 heteroatoms. The van der Waals surface area contributed by atoms with Crippen molar-refractivity contribution in [3.63, 3.8) is 0 Å². The molecular formula is C28H25N. The molecule has 1 aromatic heterocycles. The highest BCUT2D eigenvalue weighted by atomic mass is 15.0. The summed E-state index contributed by atoms with van der Waals surface area (Å²) in [6, 6.07) is 23.9. The molecule has 0 unspecified atom stereocenters. The molecule has 1 nitrogen and oxygen atoms in total. The zero-order chi connectivity index (χ0) is 20.4. The fourth-order valence-electron chi connectivity index (χ4n) is 3.80. The number of allylic oxidation sites excluding steroid dienone is 6. The van der Waals surface area contributed by atoms with Crippen molar-refractivity contribution in [1.29, 1.82) is 0 Å². The molecule has 29 heavy (non-hydrogen) atoms. The molecule has 3 aromatic carbocycles. The van der Waals surface area contributed by atoms with Crippen molar-refractivity contribution in [2.75, 3.05) is 0 Å². The van der Waals surface area contributed by atoms with Crippen LogP contribution in [0.15, 0.2) is 104 Å². The summed E-state index contributed by atoms with van der Waals surface area (Å²) in [5.74, 6) is 0. The fraction of sp³-hybridized carbons (Fsp3) is 0.0714. The first-order chi connectivity index (χ1) is 14.1. The lowest BCUT2D eigenvalue weighted by Gasteiger charge is -2.10. The van der Waals surface area contributed by atoms with Gasteiger partial charge < -0.3 is 4.57 Å². The summed E-state index contributed by atoms with van der Waals surface area (Å²) in [4.78, 5) is 0. The molecular weight excluding hydrogens is 350 g/mol. The van der Waals surface area contributed by atoms with Gasteiger partial charge in [0, 0.05) is 16.5 Å². The minimum Gasteiger partial charge on any atom is -0.309 e. The molecule has 0 bridgehead atoms. The van der Waals surface area contributed by atoms with Crippen molar-refractivity contribution in [3.05, 3.63) is 115 Å². The van der Waals surface area contributed by atoms with E-state index < -0.39 is 0 Å². The Morgan fingerprint density at radius 3 is 2.24 bits per heavy atom. The number of fused-ring (bicyclic) bond motifs is 3. The lowest BCUT2D eigenvalue weighted by molar-refractivity contribution is 1.18. The Bertz CT molecular complexity index is 1280. The molecule has 0 aliphatic heterocycles. The number of aromatic nitrogens is 1. The van der Waals surface area contributed by atoms with E-state index in [2.05, 4.69) is 97.5 Å². The van der Waals surface area contributed by atoms with Crippen LogP contribution in [0.2, 0.25) is 0 Å². The molecule has 0 aliphatic carbocycles. The van der Waals surface area contributed by atoms with Gasteiger partial charge in [0.2, 0.25) is 0 Å². The predicted octanol–water partition coefficient (Wildman–Crippen LogP) is 7.96. The summed E-state index contributed by atoms with van der Waals surface area (Å²) < 4.78 is 2.33. The highest BCUT2D eigenvalue weighted by Gasteiger charge is 2.12. The Kier molecular flexibility index (Phi) is 5.05. The Hall–Kier alpha value is -3.58. The van der Waals surface area contributed by atoms with Crippen molar-refractivity contribution in [2.45, 2.75) is 13.8 Å². The van der Waals surface area contributed by atoms with E-state index in [4.69, 9.17) is 0 Å². The van der Waals surface area contributed by atoms with Gasteiger partial charge in [-0.05, 0) is 60.9 Å². The van der Waals surface area contributed by atoms with E-state index in [1.165, 1.54) is 27.4 Å². The zero-order valence-corrected chi connectivity index (χ0v) is 17.0. The van der Waals surface area contributed by atoms with E-state index >= 15 is 0 Å². The first kappa shape index (κ1) is 18.8. The van der Waals surface area contributed by atoms with Gasteiger partial charge >= 0.3 is 0 Å². The zero-order valence-electron chi connectivity index (χ0n) is 17.0. The summed E-state index contributed by atoms with van der Waals surface area (Å²) in [5, 5.41) is 2.51. The van der Waals surface area contributed by atoms with Crippen LogP contribution in [0.5, 0.6) is 0 Å². The molecule has 4 aromatic rings. The third-order valence-corrected chi connectivity index (χ3v) is 5.31. The van der Waals surface area contributed by atoms with E-state index in [9.17, 15) is 0 Å². The van der Waals surface area contributed by atoms with Crippen molar-refractivity contribution in [3.8, 4) is 5.69 Å². The van der Waals surface area contributed by atoms with Crippen molar-refractivity contribution < 1.29 is 0 Å². The van der Waals surface area contributed by atoms with Crippen LogP contribution < -0.4 is 0 Å². The Morgan fingerprint density at radius 1 is 0.862 bits per heavy atom. The number of benzene rings is 3. The standard InChI is InChI=1S/C28H25N/c1-5-7-10-21(6-2)22-13-16-24(17-14-22)29-27-12-9-8-11-25(27)26-19-23(20(3)4)15-18-28(26)29/h5-19H,2-3H2,1,4H3/b7-5-,21-10+. The van der Waals surface area contributed by atoms with Crippen LogP contribution in [0.3, 0.4) is 0 Å². The largest absolute Gasteiger partial charge is 0.309 e. The summed E-state index contributed by atoms with van der Waals surface area (Å²) in [5.41, 5.74) is 8.10. The van der Waals surface area contributed by atoms with Crippen molar-refractivity contribution in [1.82, 2.24) is 4.57 Å². The minimum absolute atomic E-state index is 1.08. The summed E-state index contributed by atoms with van der Waals surface area (Å²) >= 11 is 0. The van der Waals surface area contributed by atoms with Gasteiger partial charge in [0.25, 0.3) is 0 Å². The second kappa shape index (κ2) is 7.81. The van der Waals surface area contributed by atoms with Crippen LogP contribution >= 0.6 is 0 Å². The SMILES string of the molecule is C=C/C(=C\C=C/C)c1ccc(-n2c3ccccc3c3cc(C(=C)C)ccc32)cc1. The van der Waals surface area contributed by atoms with E-state index in [-0.39, 0.29) is 0 Å². The Balaban J connectivity index is 1.91. The molecule has 0 N–H and O–H groups in total. The van der Waals surface area contributed by atoms with Gasteiger partial charge in [-0.15, -0.1) is 0 Å². The third-order valence-electron chi connectivity index (χ3n) is 5.31. The number of nitrogens with zero attached hydrogens (tertiary/aromatic N) is 1. The van der Waals surface area contributed by atoms with E-state index in [0.29, 0.717) is 0 Å². The molecule has 0 atom stereocenters. The van der Waals surface area contributed by atoms with Gasteiger partial charge in [0.05, 0.1) is 11.0 Å². The highest BCUT2D eigenvalue weighted by Crippen LogP contribution is 2.34. The van der Waals surface area contributed by atoms with Crippen LogP contribution in [0.1, 0.15) is 25.0 Å². The summed E-state index contributed by atoms with van der Waals surface area (Å²) in [6.07, 6.45) is 8.04. The van der Waals surface area contributed by atoms with Gasteiger partial charge in [-0.3, -0.25) is 0 Å². The average Bonchev–Trinajstić information content (AvgIpc) is 3.08. The average molecular weight is 376 g/mol. The van der Waals surface area contributed by atoms with Crippen LogP contribution in [-0.2, 0) is 0 Å². The van der Waals surface area contributed by atoms with Crippen LogP contribution in [-0.4, -0.2) is 4.57 Å². The van der Waals surface area contributed by atoms with Crippen molar-refractivity contribution >= 4 is 33.0 Å². The first-order valence-corrected chi connectivity index (χ1v) is 9.89. The third kappa shape index (κ3) is 3.36. The molecule has 142 valence electrons. The second-order valence-electron chi connectivity index (χ2n) is 7.26. The lowest BCUT2D eigenvalue weighted by Crippen LogP contribution is -1.94. The molecule has 0 spiro atoms. The van der Waals surface area contributed by atoms with Crippen molar-refractivity contribution in [2.24, 2.45) is 0 Å². The maximum absolute atomic E-state index is 4.11. The predicted molar refractivity (Wildman–Crippen MR) is 128 cm³/mol. The summed E-state index contributed by atoms with van der Waals surface area (Å²) in [7, 11) is 0. The van der Waals surface area contributed by atoms with Gasteiger partial charge in [0.1, 0.15) is 0 Å². The smallest absolute Gasteiger partial charge is 0.0541 e. The number of hydrogen-bond donors (Lipinski definition) is 0. The topological polar surface area (TPSA) is 4.93 Å². The molecule has 0 radical (unpaired) electrons. The number of para-hydroxylation sites is 1. The minimum atomic E-state index is 1.08. The number of rotatable bonds is 5. The van der Waals surface area contributed by atoms with Crippen LogP contribution in [0.25, 0.3) is 38.6 Å². The Morgan fingerprint density at radius 2 is 1.55 bits per heavy atom. The van der Waals surface area contributed by atoms with Crippen LogP contribution in [0.4, 0.5) is 0 Å². The molecule has 0 saturated carbocycles. The second-order valence-corrected chi connectivity index (χ2v) is 7.26. The maximum Gasteiger partial charge on any atom is 0.0541 e. The van der Waals surface area contributed by atoms with E-state index in [0.717, 1.165) is 22.4 Å². The summed E-state index contributed by atoms with van der Waals surface area (Å²) in [6.45, 7) is 12.1. The number of hydrogen-bond acceptors (Lipinski definition) is 0. The maximum atomic E-state index is 4.11. The lowest BCUT2D eigenvalue weighted by atomic mass is 10.0. The monoisotopic (exact) mass is 375 g/mol. The molecule has 1 heterocycles. The van der Waals surface area contributed by atoms with Gasteiger partial charge in [0.15, 0.2) is 0 Å². The van der Waals surface area contributed by atoms with Gasteiger partial charge in [-0.1, -0.05) is 79.4 Å². The van der Waals surface area contributed by atoms with Crippen LogP contribution in [0, 0.1) is 0 Å². The van der Waals surface area contributed by atoms with E-state index in [1.54, 1.807) is 0 Å². The molecule has 0 amide bonds. The molecule has 4 rings (SSSR count). The molecule has 0 aliphatic rings. The fourth-order valence-corrected chi connectivity index (χ4v) is 3.80. The molecule has 0 fully saturated rings. The van der Waals surface area contributed by atoms with Gasteiger partial charge in [-0.2, -0.15) is 0 Å². The Labute approximate surface area is 172 Å². The normalized spacial score (nSPS) is 12.1. The van der Waals surface area contributed by atoms with E-state index in [1.807, 2.05) is 25.2 Å². The molecule has 0 saturated heterocycles. The highest BCUT2D eigenvalue weighted by molar-refractivity contribution is 6.10. The quantitative estimate of drug-likeness (QED) is 0.312. The first-order valence-electron chi connectivity index (χ1n) is 9.89.